The number of carbonyl (C=O) groups excluding carboxylic acids is 2. The van der Waals surface area contributed by atoms with E-state index in [0.29, 0.717) is 6.42 Å². The number of ether oxygens (including phenoxy) is 2. The van der Waals surface area contributed by atoms with E-state index >= 15 is 0 Å². The number of allylic oxidation sites excluding steroid dienone is 4. The van der Waals surface area contributed by atoms with Gasteiger partial charge in [0.05, 0.1) is 13.2 Å². The first kappa shape index (κ1) is 51.5. The number of carbonyl (C=O) groups is 2. The molecule has 0 heterocycles. The van der Waals surface area contributed by atoms with Gasteiger partial charge in [0.2, 0.25) is 0 Å². The molecule has 2 atom stereocenters. The molecule has 0 rings (SSSR count). The Balaban J connectivity index is 4.15. The van der Waals surface area contributed by atoms with Gasteiger partial charge in [-0.1, -0.05) is 154 Å². The topological polar surface area (TPSA) is 134 Å². The molecule has 0 aliphatic heterocycles. The average molecular weight is 772 g/mol. The highest BCUT2D eigenvalue weighted by Gasteiger charge is 2.26. The number of phosphoric ester groups is 1. The molecule has 10 heteroatoms. The molecule has 3 N–H and O–H groups in total. The third kappa shape index (κ3) is 40.0. The van der Waals surface area contributed by atoms with E-state index in [1.54, 1.807) is 0 Å². The first-order valence-corrected chi connectivity index (χ1v) is 23.3. The largest absolute Gasteiger partial charge is 0.472 e. The summed E-state index contributed by atoms with van der Waals surface area (Å²) in [5, 5.41) is 0. The van der Waals surface area contributed by atoms with Crippen LogP contribution in [0.5, 0.6) is 0 Å². The molecular weight excluding hydrogens is 689 g/mol. The molecule has 0 bridgehead atoms. The summed E-state index contributed by atoms with van der Waals surface area (Å²) in [7, 11) is -4.38. The Morgan fingerprint density at radius 1 is 0.547 bits per heavy atom. The molecule has 0 fully saturated rings. The molecule has 0 radical (unpaired) electrons. The number of esters is 2. The zero-order valence-corrected chi connectivity index (χ0v) is 35.2. The summed E-state index contributed by atoms with van der Waals surface area (Å²) in [4.78, 5) is 34.8. The summed E-state index contributed by atoms with van der Waals surface area (Å²) >= 11 is 0. The van der Waals surface area contributed by atoms with Crippen molar-refractivity contribution < 1.29 is 37.6 Å². The Kier molecular flexibility index (Phi) is 39.0. The van der Waals surface area contributed by atoms with E-state index in [-0.39, 0.29) is 38.6 Å². The lowest BCUT2D eigenvalue weighted by atomic mass is 10.1. The number of nitrogens with two attached hydrogens (primary N) is 1. The lowest BCUT2D eigenvalue weighted by Crippen LogP contribution is -2.29. The molecule has 0 saturated heterocycles. The second-order valence-electron chi connectivity index (χ2n) is 14.6. The maximum absolute atomic E-state index is 12.6. The summed E-state index contributed by atoms with van der Waals surface area (Å²) in [6.07, 6.45) is 42.0. The predicted octanol–water partition coefficient (Wildman–Crippen LogP) is 12.4. The van der Waals surface area contributed by atoms with Gasteiger partial charge >= 0.3 is 19.8 Å². The van der Waals surface area contributed by atoms with Crippen LogP contribution >= 0.6 is 7.82 Å². The van der Waals surface area contributed by atoms with Gasteiger partial charge in [-0.2, -0.15) is 0 Å². The standard InChI is InChI=1S/C43H82NO8P/c1-3-5-7-9-11-13-15-17-19-20-22-23-25-27-29-31-33-35-42(45)49-39-41(40-51-53(47,48)50-38-37-44)52-43(46)36-34-32-30-28-26-24-21-18-16-14-12-10-8-6-4-2/h13,15,24,26,41H,3-12,14,16-23,25,27-40,44H2,1-2H3,(H,47,48)/b15-13+,26-24+/t41-/m1/s1. The Bertz CT molecular complexity index is 928. The molecule has 0 aromatic carbocycles. The molecule has 312 valence electrons. The Morgan fingerprint density at radius 3 is 1.38 bits per heavy atom. The third-order valence-electron chi connectivity index (χ3n) is 9.31. The van der Waals surface area contributed by atoms with Gasteiger partial charge < -0.3 is 20.1 Å². The van der Waals surface area contributed by atoms with Crippen molar-refractivity contribution in [1.29, 1.82) is 0 Å². The summed E-state index contributed by atoms with van der Waals surface area (Å²) in [5.41, 5.74) is 5.34. The van der Waals surface area contributed by atoms with Crippen molar-refractivity contribution in [1.82, 2.24) is 0 Å². The fourth-order valence-corrected chi connectivity index (χ4v) is 6.80. The summed E-state index contributed by atoms with van der Waals surface area (Å²) < 4.78 is 32.8. The molecular formula is C43H82NO8P. The van der Waals surface area contributed by atoms with Crippen LogP contribution in [0.15, 0.2) is 24.3 Å². The van der Waals surface area contributed by atoms with Crippen molar-refractivity contribution in [2.45, 2.75) is 213 Å². The molecule has 1 unspecified atom stereocenters. The van der Waals surface area contributed by atoms with Crippen LogP contribution in [0, 0.1) is 0 Å². The van der Waals surface area contributed by atoms with E-state index in [9.17, 15) is 19.0 Å². The third-order valence-corrected chi connectivity index (χ3v) is 10.3. The monoisotopic (exact) mass is 772 g/mol. The van der Waals surface area contributed by atoms with Crippen LogP contribution < -0.4 is 5.73 Å². The van der Waals surface area contributed by atoms with Gasteiger partial charge in [-0.3, -0.25) is 18.6 Å². The fraction of sp³-hybridized carbons (Fsp3) is 0.860. The SMILES string of the molecule is CCCCCC/C=C/CCCCCCCCCCCC(=O)OC[C@H](COP(=O)(O)OCCN)OC(=O)CCCCC/C=C/CCCCCCCCCC. The second-order valence-corrected chi connectivity index (χ2v) is 16.0. The highest BCUT2D eigenvalue weighted by atomic mass is 31.2. The molecule has 9 nitrogen and oxygen atoms in total. The van der Waals surface area contributed by atoms with Gasteiger partial charge in [0.25, 0.3) is 0 Å². The van der Waals surface area contributed by atoms with Crippen LogP contribution in [0.1, 0.15) is 206 Å². The van der Waals surface area contributed by atoms with E-state index < -0.39 is 26.5 Å². The molecule has 0 aromatic heterocycles. The van der Waals surface area contributed by atoms with Crippen LogP contribution in [0.4, 0.5) is 0 Å². The Hall–Kier alpha value is -1.51. The molecule has 0 aliphatic rings. The number of phosphoric acid groups is 1. The maximum Gasteiger partial charge on any atom is 0.472 e. The first-order chi connectivity index (χ1) is 25.8. The van der Waals surface area contributed by atoms with Gasteiger partial charge in [-0.15, -0.1) is 0 Å². The van der Waals surface area contributed by atoms with Crippen molar-refractivity contribution in [2.75, 3.05) is 26.4 Å². The van der Waals surface area contributed by atoms with Gasteiger partial charge in [-0.05, 0) is 64.2 Å². The maximum atomic E-state index is 12.6. The molecule has 0 amide bonds. The van der Waals surface area contributed by atoms with E-state index in [1.165, 1.54) is 128 Å². The highest BCUT2D eigenvalue weighted by Crippen LogP contribution is 2.43. The summed E-state index contributed by atoms with van der Waals surface area (Å²) in [6.45, 7) is 3.71. The normalized spacial score (nSPS) is 13.5. The van der Waals surface area contributed by atoms with Crippen LogP contribution in [0.2, 0.25) is 0 Å². The van der Waals surface area contributed by atoms with Crippen molar-refractivity contribution in [3.63, 3.8) is 0 Å². The van der Waals surface area contributed by atoms with E-state index in [4.69, 9.17) is 24.3 Å². The fourth-order valence-electron chi connectivity index (χ4n) is 6.04. The minimum Gasteiger partial charge on any atom is -0.462 e. The van der Waals surface area contributed by atoms with E-state index in [2.05, 4.69) is 38.2 Å². The van der Waals surface area contributed by atoms with E-state index in [1.807, 2.05) is 0 Å². The quantitative estimate of drug-likeness (QED) is 0.0269. The van der Waals surface area contributed by atoms with Crippen LogP contribution in [0.3, 0.4) is 0 Å². The van der Waals surface area contributed by atoms with Crippen molar-refractivity contribution in [3.8, 4) is 0 Å². The summed E-state index contributed by atoms with van der Waals surface area (Å²) in [6, 6.07) is 0. The van der Waals surface area contributed by atoms with Crippen molar-refractivity contribution in [2.24, 2.45) is 5.73 Å². The lowest BCUT2D eigenvalue weighted by molar-refractivity contribution is -0.161. The lowest BCUT2D eigenvalue weighted by Gasteiger charge is -2.19. The molecule has 0 aliphatic carbocycles. The first-order valence-electron chi connectivity index (χ1n) is 21.8. The van der Waals surface area contributed by atoms with Gasteiger partial charge in [0.1, 0.15) is 6.61 Å². The van der Waals surface area contributed by atoms with Crippen LogP contribution in [-0.4, -0.2) is 49.3 Å². The Labute approximate surface area is 325 Å². The van der Waals surface area contributed by atoms with Gasteiger partial charge in [-0.25, -0.2) is 4.57 Å². The summed E-state index contributed by atoms with van der Waals surface area (Å²) in [5.74, 6) is -0.844. The smallest absolute Gasteiger partial charge is 0.462 e. The molecule has 0 aromatic rings. The minimum atomic E-state index is -4.38. The van der Waals surface area contributed by atoms with Gasteiger partial charge in [0.15, 0.2) is 6.10 Å². The molecule has 0 spiro atoms. The zero-order chi connectivity index (χ0) is 38.9. The van der Waals surface area contributed by atoms with Crippen LogP contribution in [0.25, 0.3) is 0 Å². The predicted molar refractivity (Wildman–Crippen MR) is 220 cm³/mol. The number of hydrogen-bond donors (Lipinski definition) is 2. The highest BCUT2D eigenvalue weighted by molar-refractivity contribution is 7.47. The zero-order valence-electron chi connectivity index (χ0n) is 34.3. The molecule has 0 saturated carbocycles. The number of rotatable bonds is 41. The number of hydrogen-bond acceptors (Lipinski definition) is 8. The molecule has 53 heavy (non-hydrogen) atoms. The Morgan fingerprint density at radius 2 is 0.925 bits per heavy atom. The average Bonchev–Trinajstić information content (AvgIpc) is 3.14. The van der Waals surface area contributed by atoms with Crippen molar-refractivity contribution in [3.05, 3.63) is 24.3 Å². The van der Waals surface area contributed by atoms with E-state index in [0.717, 1.165) is 44.9 Å². The minimum absolute atomic E-state index is 0.0520. The van der Waals surface area contributed by atoms with Gasteiger partial charge in [0, 0.05) is 19.4 Å². The number of unbranched alkanes of at least 4 members (excludes halogenated alkanes) is 24. The van der Waals surface area contributed by atoms with Crippen LogP contribution in [-0.2, 0) is 32.7 Å². The van der Waals surface area contributed by atoms with Crippen molar-refractivity contribution >= 4 is 19.8 Å². The second kappa shape index (κ2) is 40.2.